The van der Waals surface area contributed by atoms with Crippen molar-refractivity contribution < 1.29 is 9.59 Å². The zero-order chi connectivity index (χ0) is 18.8. The number of carbonyl (C=O) groups excluding carboxylic acids is 2. The summed E-state index contributed by atoms with van der Waals surface area (Å²) < 4.78 is 0. The molecular formula is C19H19N5O2S. The lowest BCUT2D eigenvalue weighted by atomic mass is 10.1. The highest BCUT2D eigenvalue weighted by molar-refractivity contribution is 8.18. The van der Waals surface area contributed by atoms with E-state index in [1.807, 2.05) is 24.3 Å². The summed E-state index contributed by atoms with van der Waals surface area (Å²) in [6.45, 7) is 3.88. The molecule has 3 heterocycles. The maximum atomic E-state index is 11.7. The van der Waals surface area contributed by atoms with Crippen LogP contribution in [-0.4, -0.2) is 59.2 Å². The third-order valence-electron chi connectivity index (χ3n) is 4.57. The maximum Gasteiger partial charge on any atom is 0.290 e. The van der Waals surface area contributed by atoms with Crippen molar-refractivity contribution in [3.8, 4) is 11.3 Å². The van der Waals surface area contributed by atoms with Gasteiger partial charge in [-0.05, 0) is 36.5 Å². The third kappa shape index (κ3) is 4.01. The fourth-order valence-electron chi connectivity index (χ4n) is 3.04. The predicted molar refractivity (Wildman–Crippen MR) is 106 cm³/mol. The second kappa shape index (κ2) is 7.50. The average Bonchev–Trinajstić information content (AvgIpc) is 2.99. The van der Waals surface area contributed by atoms with Crippen LogP contribution in [0.25, 0.3) is 17.3 Å². The molecule has 0 aliphatic carbocycles. The van der Waals surface area contributed by atoms with Gasteiger partial charge in [-0.25, -0.2) is 4.98 Å². The highest BCUT2D eigenvalue weighted by Crippen LogP contribution is 2.27. The summed E-state index contributed by atoms with van der Waals surface area (Å²) >= 11 is 0.914. The Balaban J connectivity index is 1.59. The van der Waals surface area contributed by atoms with E-state index in [0.29, 0.717) is 4.91 Å². The van der Waals surface area contributed by atoms with Gasteiger partial charge in [0.2, 0.25) is 0 Å². The Hall–Kier alpha value is -2.71. The van der Waals surface area contributed by atoms with E-state index in [-0.39, 0.29) is 11.1 Å². The first-order chi connectivity index (χ1) is 13.1. The molecule has 0 radical (unpaired) electrons. The van der Waals surface area contributed by atoms with Crippen LogP contribution in [0.15, 0.2) is 41.6 Å². The van der Waals surface area contributed by atoms with Crippen LogP contribution in [0.5, 0.6) is 0 Å². The van der Waals surface area contributed by atoms with Crippen LogP contribution in [0, 0.1) is 0 Å². The number of carbonyl (C=O) groups is 2. The number of amides is 2. The summed E-state index contributed by atoms with van der Waals surface area (Å²) in [6.07, 6.45) is 5.25. The molecule has 0 bridgehead atoms. The number of hydrogen-bond donors (Lipinski definition) is 1. The van der Waals surface area contributed by atoms with Gasteiger partial charge in [-0.2, -0.15) is 0 Å². The van der Waals surface area contributed by atoms with Crippen LogP contribution >= 0.6 is 11.8 Å². The first-order valence-electron chi connectivity index (χ1n) is 8.69. The molecule has 2 fully saturated rings. The molecule has 138 valence electrons. The van der Waals surface area contributed by atoms with Gasteiger partial charge in [0.1, 0.15) is 5.82 Å². The minimum absolute atomic E-state index is 0.340. The third-order valence-corrected chi connectivity index (χ3v) is 5.38. The number of thioether (sulfide) groups is 1. The maximum absolute atomic E-state index is 11.7. The molecule has 1 aromatic carbocycles. The molecular weight excluding hydrogens is 362 g/mol. The number of piperazine rings is 1. The molecule has 0 spiro atoms. The van der Waals surface area contributed by atoms with E-state index in [0.717, 1.165) is 60.6 Å². The van der Waals surface area contributed by atoms with E-state index in [9.17, 15) is 9.59 Å². The molecule has 0 atom stereocenters. The fourth-order valence-corrected chi connectivity index (χ4v) is 3.73. The van der Waals surface area contributed by atoms with Gasteiger partial charge in [0, 0.05) is 31.7 Å². The van der Waals surface area contributed by atoms with Crippen molar-refractivity contribution in [2.75, 3.05) is 38.1 Å². The zero-order valence-corrected chi connectivity index (χ0v) is 15.7. The van der Waals surface area contributed by atoms with E-state index < -0.39 is 0 Å². The largest absolute Gasteiger partial charge is 0.353 e. The van der Waals surface area contributed by atoms with Crippen molar-refractivity contribution in [3.63, 3.8) is 0 Å². The lowest BCUT2D eigenvalue weighted by Crippen LogP contribution is -2.44. The Morgan fingerprint density at radius 3 is 2.70 bits per heavy atom. The second-order valence-corrected chi connectivity index (χ2v) is 7.55. The molecule has 2 amide bonds. The number of nitrogens with one attached hydrogen (secondary N) is 1. The monoisotopic (exact) mass is 381 g/mol. The quantitative estimate of drug-likeness (QED) is 0.817. The summed E-state index contributed by atoms with van der Waals surface area (Å²) in [5, 5.41) is 1.93. The van der Waals surface area contributed by atoms with E-state index in [1.165, 1.54) is 0 Å². The average molecular weight is 381 g/mol. The molecule has 1 aromatic heterocycles. The van der Waals surface area contributed by atoms with Crippen molar-refractivity contribution in [2.24, 2.45) is 0 Å². The summed E-state index contributed by atoms with van der Waals surface area (Å²) in [5.74, 6) is 0.521. The zero-order valence-electron chi connectivity index (χ0n) is 14.9. The Labute approximate surface area is 161 Å². The van der Waals surface area contributed by atoms with Gasteiger partial charge in [0.05, 0.1) is 23.0 Å². The van der Waals surface area contributed by atoms with E-state index >= 15 is 0 Å². The summed E-state index contributed by atoms with van der Waals surface area (Å²) in [5.41, 5.74) is 2.54. The van der Waals surface area contributed by atoms with Gasteiger partial charge in [0.15, 0.2) is 0 Å². The Bertz CT molecular complexity index is 922. The number of imide groups is 1. The van der Waals surface area contributed by atoms with Crippen LogP contribution in [-0.2, 0) is 4.79 Å². The number of nitrogens with zero attached hydrogens (tertiary/aromatic N) is 4. The van der Waals surface area contributed by atoms with Crippen molar-refractivity contribution in [1.29, 1.82) is 0 Å². The van der Waals surface area contributed by atoms with Crippen LogP contribution < -0.4 is 10.2 Å². The summed E-state index contributed by atoms with van der Waals surface area (Å²) in [7, 11) is 2.12. The number of rotatable bonds is 3. The molecule has 2 aromatic rings. The Kier molecular flexibility index (Phi) is 4.91. The minimum Gasteiger partial charge on any atom is -0.353 e. The Morgan fingerprint density at radius 1 is 1.15 bits per heavy atom. The number of aromatic nitrogens is 2. The predicted octanol–water partition coefficient (Wildman–Crippen LogP) is 2.22. The molecule has 7 nitrogen and oxygen atoms in total. The first kappa shape index (κ1) is 17.7. The summed E-state index contributed by atoms with van der Waals surface area (Å²) in [6, 6.07) is 7.71. The van der Waals surface area contributed by atoms with Gasteiger partial charge < -0.3 is 9.80 Å². The van der Waals surface area contributed by atoms with Crippen molar-refractivity contribution >= 4 is 34.8 Å². The molecule has 8 heteroatoms. The molecule has 27 heavy (non-hydrogen) atoms. The van der Waals surface area contributed by atoms with Crippen LogP contribution in [0.4, 0.5) is 10.6 Å². The first-order valence-corrected chi connectivity index (χ1v) is 9.51. The highest BCUT2D eigenvalue weighted by Gasteiger charge is 2.25. The number of likely N-dealkylation sites (N-methyl/N-ethyl adjacent to an activating group) is 1. The number of anilines is 1. The second-order valence-electron chi connectivity index (χ2n) is 6.53. The van der Waals surface area contributed by atoms with Crippen molar-refractivity contribution in [3.05, 3.63) is 47.1 Å². The standard InChI is InChI=1S/C19H19N5O2S/c1-23-5-7-24(8-6-23)17-12-20-11-15(21-17)14-4-2-3-13(9-14)10-16-18(25)22-19(26)27-16/h2-4,9-12H,5-8H2,1H3,(H,22,25,26). The van der Waals surface area contributed by atoms with Crippen molar-refractivity contribution in [1.82, 2.24) is 20.2 Å². The van der Waals surface area contributed by atoms with Crippen LogP contribution in [0.2, 0.25) is 0 Å². The smallest absolute Gasteiger partial charge is 0.290 e. The van der Waals surface area contributed by atoms with Gasteiger partial charge in [-0.15, -0.1) is 0 Å². The fraction of sp³-hybridized carbons (Fsp3) is 0.263. The van der Waals surface area contributed by atoms with Gasteiger partial charge in [-0.3, -0.25) is 19.9 Å². The number of hydrogen-bond acceptors (Lipinski definition) is 7. The van der Waals surface area contributed by atoms with Gasteiger partial charge in [-0.1, -0.05) is 18.2 Å². The number of benzene rings is 1. The van der Waals surface area contributed by atoms with Gasteiger partial charge >= 0.3 is 0 Å². The van der Waals surface area contributed by atoms with Gasteiger partial charge in [0.25, 0.3) is 11.1 Å². The SMILES string of the molecule is CN1CCN(c2cncc(-c3cccc(C=C4SC(=O)NC4=O)c3)n2)CC1. The normalized spacial score (nSPS) is 19.6. The molecule has 4 rings (SSSR count). The molecule has 0 unspecified atom stereocenters. The highest BCUT2D eigenvalue weighted by atomic mass is 32.2. The molecule has 2 saturated heterocycles. The molecule has 1 N–H and O–H groups in total. The van der Waals surface area contributed by atoms with E-state index in [2.05, 4.69) is 27.1 Å². The minimum atomic E-state index is -0.354. The Morgan fingerprint density at radius 2 is 1.96 bits per heavy atom. The van der Waals surface area contributed by atoms with E-state index in [1.54, 1.807) is 18.5 Å². The molecule has 2 aliphatic rings. The topological polar surface area (TPSA) is 78.4 Å². The van der Waals surface area contributed by atoms with Crippen LogP contribution in [0.3, 0.4) is 0 Å². The summed E-state index contributed by atoms with van der Waals surface area (Å²) in [4.78, 5) is 37.1. The lowest BCUT2D eigenvalue weighted by molar-refractivity contribution is -0.115. The van der Waals surface area contributed by atoms with Crippen molar-refractivity contribution in [2.45, 2.75) is 0 Å². The lowest BCUT2D eigenvalue weighted by Gasteiger charge is -2.33. The molecule has 0 saturated carbocycles. The van der Waals surface area contributed by atoms with E-state index in [4.69, 9.17) is 4.98 Å². The molecule has 2 aliphatic heterocycles. The van der Waals surface area contributed by atoms with Crippen LogP contribution in [0.1, 0.15) is 5.56 Å².